The van der Waals surface area contributed by atoms with Gasteiger partial charge in [-0.3, -0.25) is 4.79 Å². The first kappa shape index (κ1) is 18.5. The molecule has 4 heteroatoms. The summed E-state index contributed by atoms with van der Waals surface area (Å²) in [5.74, 6) is 0.740. The van der Waals surface area contributed by atoms with Crippen molar-refractivity contribution in [3.8, 4) is 5.75 Å². The third-order valence-electron chi connectivity index (χ3n) is 4.12. The molecule has 3 rings (SSSR count). The van der Waals surface area contributed by atoms with Crippen molar-refractivity contribution in [3.05, 3.63) is 90.5 Å². The van der Waals surface area contributed by atoms with Crippen LogP contribution in [-0.4, -0.2) is 19.1 Å². The summed E-state index contributed by atoms with van der Waals surface area (Å²) in [6.45, 7) is 3.51. The number of benzene rings is 3. The number of carbonyl (C=O) groups excluding carboxylic acids is 1. The van der Waals surface area contributed by atoms with E-state index in [1.54, 1.807) is 0 Å². The van der Waals surface area contributed by atoms with E-state index < -0.39 is 0 Å². The molecular formula is C23H24N2O2. The summed E-state index contributed by atoms with van der Waals surface area (Å²) in [6.07, 6.45) is 0. The van der Waals surface area contributed by atoms with E-state index in [-0.39, 0.29) is 12.5 Å². The first-order chi connectivity index (χ1) is 13.2. The maximum atomic E-state index is 12.6. The molecule has 27 heavy (non-hydrogen) atoms. The molecule has 138 valence electrons. The standard InChI is InChI=1S/C23H24N2O2/c1-2-27-22-15-13-20(14-16-22)24-23(26)18-25(21-11-7-4-8-12-21)17-19-9-5-3-6-10-19/h3-16H,2,17-18H2,1H3,(H,24,26). The van der Waals surface area contributed by atoms with Gasteiger partial charge in [0.1, 0.15) is 5.75 Å². The molecule has 4 nitrogen and oxygen atoms in total. The van der Waals surface area contributed by atoms with Crippen LogP contribution in [0.25, 0.3) is 0 Å². The summed E-state index contributed by atoms with van der Waals surface area (Å²) in [5, 5.41) is 2.96. The molecule has 0 unspecified atom stereocenters. The Morgan fingerprint density at radius 1 is 0.889 bits per heavy atom. The average Bonchev–Trinajstić information content (AvgIpc) is 2.71. The monoisotopic (exact) mass is 360 g/mol. The number of ether oxygens (including phenoxy) is 1. The summed E-state index contributed by atoms with van der Waals surface area (Å²) in [5.41, 5.74) is 2.94. The topological polar surface area (TPSA) is 41.6 Å². The van der Waals surface area contributed by atoms with Crippen molar-refractivity contribution in [2.45, 2.75) is 13.5 Å². The Morgan fingerprint density at radius 3 is 2.15 bits per heavy atom. The van der Waals surface area contributed by atoms with Gasteiger partial charge >= 0.3 is 0 Å². The molecule has 0 saturated heterocycles. The normalized spacial score (nSPS) is 10.3. The molecule has 0 atom stereocenters. The van der Waals surface area contributed by atoms with Crippen molar-refractivity contribution in [1.29, 1.82) is 0 Å². The minimum absolute atomic E-state index is 0.0565. The molecule has 1 N–H and O–H groups in total. The molecule has 0 saturated carbocycles. The molecule has 0 aliphatic rings. The second-order valence-corrected chi connectivity index (χ2v) is 6.18. The summed E-state index contributed by atoms with van der Waals surface area (Å²) in [4.78, 5) is 14.7. The molecule has 0 heterocycles. The van der Waals surface area contributed by atoms with Gasteiger partial charge in [-0.1, -0.05) is 48.5 Å². The first-order valence-electron chi connectivity index (χ1n) is 9.11. The highest BCUT2D eigenvalue weighted by molar-refractivity contribution is 5.94. The molecular weight excluding hydrogens is 336 g/mol. The van der Waals surface area contributed by atoms with E-state index in [0.29, 0.717) is 13.2 Å². The van der Waals surface area contributed by atoms with Gasteiger partial charge in [0.25, 0.3) is 0 Å². The minimum atomic E-state index is -0.0565. The second kappa shape index (κ2) is 9.43. The van der Waals surface area contributed by atoms with E-state index in [0.717, 1.165) is 22.7 Å². The molecule has 0 aromatic heterocycles. The number of amides is 1. The van der Waals surface area contributed by atoms with Crippen LogP contribution in [0, 0.1) is 0 Å². The van der Waals surface area contributed by atoms with Gasteiger partial charge in [0.05, 0.1) is 13.2 Å². The Hall–Kier alpha value is -3.27. The molecule has 0 aliphatic heterocycles. The van der Waals surface area contributed by atoms with Gasteiger partial charge in [0, 0.05) is 17.9 Å². The van der Waals surface area contributed by atoms with Crippen LogP contribution in [0.2, 0.25) is 0 Å². The SMILES string of the molecule is CCOc1ccc(NC(=O)CN(Cc2ccccc2)c2ccccc2)cc1. The molecule has 0 fully saturated rings. The predicted octanol–water partition coefficient (Wildman–Crippen LogP) is 4.73. The van der Waals surface area contributed by atoms with Crippen molar-refractivity contribution in [2.75, 3.05) is 23.4 Å². The summed E-state index contributed by atoms with van der Waals surface area (Å²) in [6, 6.07) is 27.6. The highest BCUT2D eigenvalue weighted by Gasteiger charge is 2.12. The Morgan fingerprint density at radius 2 is 1.52 bits per heavy atom. The highest BCUT2D eigenvalue weighted by Crippen LogP contribution is 2.18. The van der Waals surface area contributed by atoms with E-state index in [1.807, 2.05) is 79.7 Å². The third-order valence-corrected chi connectivity index (χ3v) is 4.12. The summed E-state index contributed by atoms with van der Waals surface area (Å²) >= 11 is 0. The van der Waals surface area contributed by atoms with Gasteiger partial charge in [-0.2, -0.15) is 0 Å². The van der Waals surface area contributed by atoms with Crippen molar-refractivity contribution in [2.24, 2.45) is 0 Å². The van der Waals surface area contributed by atoms with Crippen LogP contribution in [-0.2, 0) is 11.3 Å². The van der Waals surface area contributed by atoms with Crippen LogP contribution >= 0.6 is 0 Å². The van der Waals surface area contributed by atoms with Crippen LogP contribution in [0.15, 0.2) is 84.9 Å². The number of rotatable bonds is 8. The first-order valence-corrected chi connectivity index (χ1v) is 9.11. The maximum absolute atomic E-state index is 12.6. The van der Waals surface area contributed by atoms with Crippen molar-refractivity contribution in [1.82, 2.24) is 0 Å². The van der Waals surface area contributed by atoms with Gasteiger partial charge in [-0.05, 0) is 48.9 Å². The van der Waals surface area contributed by atoms with E-state index in [9.17, 15) is 4.79 Å². The number of anilines is 2. The van der Waals surface area contributed by atoms with Crippen LogP contribution in [0.4, 0.5) is 11.4 Å². The van der Waals surface area contributed by atoms with Crippen molar-refractivity contribution < 1.29 is 9.53 Å². The smallest absolute Gasteiger partial charge is 0.243 e. The molecule has 0 spiro atoms. The van der Waals surface area contributed by atoms with Crippen LogP contribution in [0.1, 0.15) is 12.5 Å². The maximum Gasteiger partial charge on any atom is 0.243 e. The Bertz CT molecular complexity index is 833. The van der Waals surface area contributed by atoms with Gasteiger partial charge in [0.2, 0.25) is 5.91 Å². The van der Waals surface area contributed by atoms with E-state index in [4.69, 9.17) is 4.74 Å². The average molecular weight is 360 g/mol. The predicted molar refractivity (Wildman–Crippen MR) is 110 cm³/mol. The van der Waals surface area contributed by atoms with Crippen molar-refractivity contribution in [3.63, 3.8) is 0 Å². The molecule has 3 aromatic rings. The van der Waals surface area contributed by atoms with Crippen LogP contribution in [0.5, 0.6) is 5.75 Å². The molecule has 1 amide bonds. The minimum Gasteiger partial charge on any atom is -0.494 e. The van der Waals surface area contributed by atoms with Gasteiger partial charge in [-0.15, -0.1) is 0 Å². The number of hydrogen-bond acceptors (Lipinski definition) is 3. The van der Waals surface area contributed by atoms with E-state index >= 15 is 0 Å². The quantitative estimate of drug-likeness (QED) is 0.631. The van der Waals surface area contributed by atoms with E-state index in [2.05, 4.69) is 22.3 Å². The third kappa shape index (κ3) is 5.61. The molecule has 0 bridgehead atoms. The van der Waals surface area contributed by atoms with E-state index in [1.165, 1.54) is 0 Å². The zero-order chi connectivity index (χ0) is 18.9. The van der Waals surface area contributed by atoms with Gasteiger partial charge in [-0.25, -0.2) is 0 Å². The number of hydrogen-bond donors (Lipinski definition) is 1. The van der Waals surface area contributed by atoms with Crippen LogP contribution in [0.3, 0.4) is 0 Å². The highest BCUT2D eigenvalue weighted by atomic mass is 16.5. The fourth-order valence-corrected chi connectivity index (χ4v) is 2.86. The Balaban J connectivity index is 1.68. The Kier molecular flexibility index (Phi) is 6.47. The molecule has 0 radical (unpaired) electrons. The van der Waals surface area contributed by atoms with Crippen molar-refractivity contribution >= 4 is 17.3 Å². The lowest BCUT2D eigenvalue weighted by atomic mass is 10.2. The summed E-state index contributed by atoms with van der Waals surface area (Å²) < 4.78 is 5.43. The van der Waals surface area contributed by atoms with Crippen LogP contribution < -0.4 is 15.0 Å². The lowest BCUT2D eigenvalue weighted by Gasteiger charge is -2.24. The van der Waals surface area contributed by atoms with Gasteiger partial charge < -0.3 is 15.0 Å². The number of nitrogens with one attached hydrogen (secondary N) is 1. The lowest BCUT2D eigenvalue weighted by Crippen LogP contribution is -2.32. The fraction of sp³-hybridized carbons (Fsp3) is 0.174. The zero-order valence-corrected chi connectivity index (χ0v) is 15.5. The molecule has 0 aliphatic carbocycles. The second-order valence-electron chi connectivity index (χ2n) is 6.18. The fourth-order valence-electron chi connectivity index (χ4n) is 2.86. The Labute approximate surface area is 160 Å². The lowest BCUT2D eigenvalue weighted by molar-refractivity contribution is -0.115. The molecule has 3 aromatic carbocycles. The zero-order valence-electron chi connectivity index (χ0n) is 15.5. The summed E-state index contributed by atoms with van der Waals surface area (Å²) in [7, 11) is 0. The van der Waals surface area contributed by atoms with Gasteiger partial charge in [0.15, 0.2) is 0 Å². The number of nitrogens with zero attached hydrogens (tertiary/aromatic N) is 1. The largest absolute Gasteiger partial charge is 0.494 e. The number of carbonyl (C=O) groups is 1. The number of para-hydroxylation sites is 1.